The number of fused-ring (bicyclic) bond motifs is 1. The summed E-state index contributed by atoms with van der Waals surface area (Å²) in [4.78, 5) is 16.3. The van der Waals surface area contributed by atoms with Gasteiger partial charge in [0.1, 0.15) is 0 Å². The minimum atomic E-state index is -0.145. The third kappa shape index (κ3) is 2.53. The minimum Gasteiger partial charge on any atom is -0.357 e. The topological polar surface area (TPSA) is 59.3 Å². The molecular weight excluding hydrogens is 248 g/mol. The molecule has 2 rings (SSSR count). The molecule has 0 aliphatic heterocycles. The summed E-state index contributed by atoms with van der Waals surface area (Å²) in [5.41, 5.74) is -0.00143. The molecule has 0 unspecified atom stereocenters. The van der Waals surface area contributed by atoms with Gasteiger partial charge in [0.15, 0.2) is 0 Å². The molecule has 0 aromatic carbocycles. The summed E-state index contributed by atoms with van der Waals surface area (Å²) in [6, 6.07) is 1.73. The summed E-state index contributed by atoms with van der Waals surface area (Å²) >= 11 is 1.40. The number of rotatable bonds is 3. The quantitative estimate of drug-likeness (QED) is 0.926. The van der Waals surface area contributed by atoms with Crippen LogP contribution < -0.4 is 10.9 Å². The van der Waals surface area contributed by atoms with Gasteiger partial charge in [0, 0.05) is 18.3 Å². The molecular formula is C12H18N4OS. The fourth-order valence-corrected chi connectivity index (χ4v) is 2.71. The lowest BCUT2D eigenvalue weighted by atomic mass is 9.85. The standard InChI is InChI=1S/C12H18N4OS/c1-5-8(12(2,3)4)14-10-15-16-9(17)6-7-13-11(16)18-10/h6-8H,5H2,1-4H3,(H,14,15)/t8-/m1/s1. The summed E-state index contributed by atoms with van der Waals surface area (Å²) in [7, 11) is 0. The lowest BCUT2D eigenvalue weighted by Gasteiger charge is -2.30. The third-order valence-corrected chi connectivity index (χ3v) is 3.78. The second kappa shape index (κ2) is 4.68. The van der Waals surface area contributed by atoms with E-state index in [-0.39, 0.29) is 11.0 Å². The van der Waals surface area contributed by atoms with Crippen LogP contribution in [0.2, 0.25) is 0 Å². The van der Waals surface area contributed by atoms with Crippen molar-refractivity contribution in [1.29, 1.82) is 0 Å². The second-order valence-corrected chi connectivity index (χ2v) is 6.31. The first-order valence-corrected chi connectivity index (χ1v) is 6.85. The van der Waals surface area contributed by atoms with Gasteiger partial charge in [-0.15, -0.1) is 5.10 Å². The minimum absolute atomic E-state index is 0.144. The van der Waals surface area contributed by atoms with Crippen LogP contribution in [-0.2, 0) is 0 Å². The van der Waals surface area contributed by atoms with Crippen molar-refractivity contribution >= 4 is 21.4 Å². The lowest BCUT2D eigenvalue weighted by Crippen LogP contribution is -2.33. The summed E-state index contributed by atoms with van der Waals surface area (Å²) in [5.74, 6) is 0. The van der Waals surface area contributed by atoms with Crippen LogP contribution in [0.5, 0.6) is 0 Å². The molecule has 0 bridgehead atoms. The second-order valence-electron chi connectivity index (χ2n) is 5.36. The molecule has 0 aliphatic rings. The Morgan fingerprint density at radius 2 is 2.22 bits per heavy atom. The molecule has 5 nitrogen and oxygen atoms in total. The van der Waals surface area contributed by atoms with E-state index in [9.17, 15) is 4.79 Å². The van der Waals surface area contributed by atoms with Gasteiger partial charge in [0.2, 0.25) is 10.1 Å². The van der Waals surface area contributed by atoms with Crippen LogP contribution in [0.1, 0.15) is 34.1 Å². The van der Waals surface area contributed by atoms with E-state index >= 15 is 0 Å². The first-order chi connectivity index (χ1) is 8.41. The van der Waals surface area contributed by atoms with E-state index in [4.69, 9.17) is 0 Å². The molecule has 0 amide bonds. The van der Waals surface area contributed by atoms with Crippen molar-refractivity contribution in [3.63, 3.8) is 0 Å². The maximum absolute atomic E-state index is 11.6. The molecule has 0 radical (unpaired) electrons. The number of nitrogens with zero attached hydrogens (tertiary/aromatic N) is 3. The number of nitrogens with one attached hydrogen (secondary N) is 1. The van der Waals surface area contributed by atoms with Crippen LogP contribution in [0.15, 0.2) is 17.1 Å². The summed E-state index contributed by atoms with van der Waals surface area (Å²) in [6.45, 7) is 8.70. The molecule has 98 valence electrons. The van der Waals surface area contributed by atoms with E-state index in [0.717, 1.165) is 11.6 Å². The van der Waals surface area contributed by atoms with Gasteiger partial charge in [-0.25, -0.2) is 4.98 Å². The molecule has 2 aromatic heterocycles. The van der Waals surface area contributed by atoms with Crippen molar-refractivity contribution < 1.29 is 0 Å². The Labute approximate surface area is 110 Å². The molecule has 1 N–H and O–H groups in total. The number of hydrogen-bond donors (Lipinski definition) is 1. The molecule has 2 heterocycles. The van der Waals surface area contributed by atoms with E-state index in [1.54, 1.807) is 0 Å². The molecule has 1 atom stereocenters. The molecule has 2 aromatic rings. The molecule has 0 spiro atoms. The fraction of sp³-hybridized carbons (Fsp3) is 0.583. The van der Waals surface area contributed by atoms with Crippen molar-refractivity contribution in [1.82, 2.24) is 14.6 Å². The van der Waals surface area contributed by atoms with E-state index in [2.05, 4.69) is 43.1 Å². The lowest BCUT2D eigenvalue weighted by molar-refractivity contribution is 0.333. The third-order valence-electron chi connectivity index (χ3n) is 2.92. The van der Waals surface area contributed by atoms with Crippen LogP contribution in [-0.4, -0.2) is 20.6 Å². The van der Waals surface area contributed by atoms with Crippen LogP contribution in [0.3, 0.4) is 0 Å². The first-order valence-electron chi connectivity index (χ1n) is 6.03. The highest BCUT2D eigenvalue weighted by Crippen LogP contribution is 2.27. The predicted octanol–water partition coefficient (Wildman–Crippen LogP) is 2.39. The van der Waals surface area contributed by atoms with Crippen LogP contribution in [0.25, 0.3) is 4.96 Å². The van der Waals surface area contributed by atoms with E-state index in [1.807, 2.05) is 0 Å². The van der Waals surface area contributed by atoms with Crippen molar-refractivity contribution in [2.75, 3.05) is 5.32 Å². The van der Waals surface area contributed by atoms with Crippen molar-refractivity contribution in [3.8, 4) is 0 Å². The summed E-state index contributed by atoms with van der Waals surface area (Å²) in [6.07, 6.45) is 2.52. The van der Waals surface area contributed by atoms with Gasteiger partial charge >= 0.3 is 0 Å². The van der Waals surface area contributed by atoms with Crippen molar-refractivity contribution in [3.05, 3.63) is 22.6 Å². The SMILES string of the molecule is CC[C@@H](Nc1nn2c(=O)ccnc2s1)C(C)(C)C. The number of aromatic nitrogens is 3. The van der Waals surface area contributed by atoms with E-state index < -0.39 is 0 Å². The molecule has 0 aliphatic carbocycles. The Morgan fingerprint density at radius 3 is 2.78 bits per heavy atom. The molecule has 6 heteroatoms. The number of hydrogen-bond acceptors (Lipinski definition) is 5. The van der Waals surface area contributed by atoms with Crippen LogP contribution in [0, 0.1) is 5.41 Å². The van der Waals surface area contributed by atoms with Gasteiger partial charge in [-0.2, -0.15) is 4.52 Å². The highest BCUT2D eigenvalue weighted by Gasteiger charge is 2.23. The maximum Gasteiger partial charge on any atom is 0.275 e. The highest BCUT2D eigenvalue weighted by atomic mass is 32.1. The Morgan fingerprint density at radius 1 is 1.50 bits per heavy atom. The van der Waals surface area contributed by atoms with Crippen LogP contribution >= 0.6 is 11.3 Å². The maximum atomic E-state index is 11.6. The van der Waals surface area contributed by atoms with E-state index in [0.29, 0.717) is 11.0 Å². The van der Waals surface area contributed by atoms with Gasteiger partial charge in [-0.1, -0.05) is 39.0 Å². The molecule has 0 saturated carbocycles. The zero-order valence-corrected chi connectivity index (χ0v) is 11.9. The summed E-state index contributed by atoms with van der Waals surface area (Å²) < 4.78 is 1.34. The number of anilines is 1. The van der Waals surface area contributed by atoms with Gasteiger partial charge in [-0.05, 0) is 11.8 Å². The Hall–Kier alpha value is -1.43. The van der Waals surface area contributed by atoms with Gasteiger partial charge in [-0.3, -0.25) is 4.79 Å². The zero-order valence-electron chi connectivity index (χ0n) is 11.1. The van der Waals surface area contributed by atoms with Gasteiger partial charge < -0.3 is 5.32 Å². The van der Waals surface area contributed by atoms with Crippen molar-refractivity contribution in [2.45, 2.75) is 40.2 Å². The molecule has 0 fully saturated rings. The van der Waals surface area contributed by atoms with E-state index in [1.165, 1.54) is 28.1 Å². The average molecular weight is 266 g/mol. The highest BCUT2D eigenvalue weighted by molar-refractivity contribution is 7.20. The molecule has 18 heavy (non-hydrogen) atoms. The van der Waals surface area contributed by atoms with Gasteiger partial charge in [0.05, 0.1) is 0 Å². The smallest absolute Gasteiger partial charge is 0.275 e. The van der Waals surface area contributed by atoms with Crippen LogP contribution in [0.4, 0.5) is 5.13 Å². The normalized spacial score (nSPS) is 13.8. The average Bonchev–Trinajstić information content (AvgIpc) is 2.68. The Bertz CT molecular complexity index is 596. The van der Waals surface area contributed by atoms with Crippen molar-refractivity contribution in [2.24, 2.45) is 5.41 Å². The summed E-state index contributed by atoms with van der Waals surface area (Å²) in [5, 5.41) is 8.40. The predicted molar refractivity (Wildman–Crippen MR) is 74.3 cm³/mol. The zero-order chi connectivity index (χ0) is 13.3. The first kappa shape index (κ1) is 13.0. The van der Waals surface area contributed by atoms with Gasteiger partial charge in [0.25, 0.3) is 5.56 Å². The Kier molecular flexibility index (Phi) is 3.38. The molecule has 0 saturated heterocycles. The fourth-order valence-electron chi connectivity index (χ4n) is 1.88. The Balaban J connectivity index is 2.32. The monoisotopic (exact) mass is 266 g/mol. The largest absolute Gasteiger partial charge is 0.357 e.